The summed E-state index contributed by atoms with van der Waals surface area (Å²) in [5.74, 6) is 6.25. The Morgan fingerprint density at radius 3 is 3.10 bits per heavy atom. The van der Waals surface area contributed by atoms with Gasteiger partial charge >= 0.3 is 0 Å². The molecule has 1 saturated heterocycles. The monoisotopic (exact) mass is 288 g/mol. The van der Waals surface area contributed by atoms with Gasteiger partial charge in [-0.25, -0.2) is 0 Å². The summed E-state index contributed by atoms with van der Waals surface area (Å²) in [7, 11) is 1.57. The fraction of sp³-hybridized carbons (Fsp3) is 0.438. The van der Waals surface area contributed by atoms with Crippen LogP contribution in [0, 0.1) is 11.8 Å². The molecule has 0 spiro atoms. The zero-order valence-corrected chi connectivity index (χ0v) is 12.1. The van der Waals surface area contributed by atoms with Gasteiger partial charge in [0.1, 0.15) is 5.75 Å². The smallest absolute Gasteiger partial charge is 0.227 e. The van der Waals surface area contributed by atoms with E-state index in [4.69, 9.17) is 15.2 Å². The molecule has 112 valence electrons. The second kappa shape index (κ2) is 7.67. The highest BCUT2D eigenvalue weighted by Gasteiger charge is 2.19. The predicted octanol–water partition coefficient (Wildman–Crippen LogP) is 1.51. The van der Waals surface area contributed by atoms with Crippen molar-refractivity contribution in [3.05, 3.63) is 23.8 Å². The molecule has 0 radical (unpaired) electrons. The number of carbonyl (C=O) groups is 1. The molecule has 1 atom stereocenters. The standard InChI is InChI=1S/C16H20N2O3/c1-20-15-7-6-12(4-2-8-17)10-14(15)18-16(19)11-13-5-3-9-21-13/h6-7,10,13H,3,5,8-9,11,17H2,1H3,(H,18,19). The molecule has 0 saturated carbocycles. The van der Waals surface area contributed by atoms with Gasteiger partial charge in [-0.2, -0.15) is 0 Å². The van der Waals surface area contributed by atoms with E-state index >= 15 is 0 Å². The summed E-state index contributed by atoms with van der Waals surface area (Å²) in [6.07, 6.45) is 2.34. The number of amides is 1. The molecule has 2 rings (SSSR count). The van der Waals surface area contributed by atoms with Crippen LogP contribution in [0.2, 0.25) is 0 Å². The van der Waals surface area contributed by atoms with Crippen molar-refractivity contribution in [1.82, 2.24) is 0 Å². The van der Waals surface area contributed by atoms with Crippen LogP contribution in [0.5, 0.6) is 5.75 Å². The number of methoxy groups -OCH3 is 1. The van der Waals surface area contributed by atoms with Gasteiger partial charge in [0.05, 0.1) is 31.9 Å². The van der Waals surface area contributed by atoms with Gasteiger partial charge in [-0.15, -0.1) is 0 Å². The highest BCUT2D eigenvalue weighted by atomic mass is 16.5. The number of hydrogen-bond donors (Lipinski definition) is 2. The molecule has 1 aromatic rings. The first kappa shape index (κ1) is 15.4. The molecule has 0 aromatic heterocycles. The Morgan fingerprint density at radius 2 is 2.43 bits per heavy atom. The minimum absolute atomic E-state index is 0.0243. The average molecular weight is 288 g/mol. The summed E-state index contributed by atoms with van der Waals surface area (Å²) in [6, 6.07) is 5.40. The number of ether oxygens (including phenoxy) is 2. The highest BCUT2D eigenvalue weighted by molar-refractivity contribution is 5.92. The molecule has 0 aliphatic carbocycles. The van der Waals surface area contributed by atoms with Crippen molar-refractivity contribution >= 4 is 11.6 Å². The van der Waals surface area contributed by atoms with E-state index in [1.807, 2.05) is 6.07 Å². The number of rotatable bonds is 4. The van der Waals surface area contributed by atoms with Crippen molar-refractivity contribution in [2.75, 3.05) is 25.6 Å². The molecule has 1 unspecified atom stereocenters. The molecule has 1 amide bonds. The van der Waals surface area contributed by atoms with Crippen molar-refractivity contribution in [3.8, 4) is 17.6 Å². The van der Waals surface area contributed by atoms with Crippen molar-refractivity contribution in [2.24, 2.45) is 5.73 Å². The molecule has 1 aromatic carbocycles. The highest BCUT2D eigenvalue weighted by Crippen LogP contribution is 2.26. The zero-order chi connectivity index (χ0) is 15.1. The van der Waals surface area contributed by atoms with Crippen LogP contribution in [0.3, 0.4) is 0 Å². The summed E-state index contributed by atoms with van der Waals surface area (Å²) in [6.45, 7) is 1.04. The third-order valence-corrected chi connectivity index (χ3v) is 3.25. The summed E-state index contributed by atoms with van der Waals surface area (Å²) in [4.78, 5) is 12.1. The van der Waals surface area contributed by atoms with Gasteiger partial charge in [-0.05, 0) is 31.0 Å². The Bertz CT molecular complexity index is 554. The minimum atomic E-state index is -0.0795. The maximum atomic E-state index is 12.1. The quantitative estimate of drug-likeness (QED) is 0.824. The third-order valence-electron chi connectivity index (χ3n) is 3.25. The average Bonchev–Trinajstić information content (AvgIpc) is 2.98. The Morgan fingerprint density at radius 1 is 1.57 bits per heavy atom. The Hall–Kier alpha value is -2.03. The third kappa shape index (κ3) is 4.48. The van der Waals surface area contributed by atoms with Crippen molar-refractivity contribution < 1.29 is 14.3 Å². The number of hydrogen-bond acceptors (Lipinski definition) is 4. The predicted molar refractivity (Wildman–Crippen MR) is 81.1 cm³/mol. The molecule has 5 heteroatoms. The number of nitrogens with one attached hydrogen (secondary N) is 1. The van der Waals surface area contributed by atoms with Crippen LogP contribution < -0.4 is 15.8 Å². The molecule has 21 heavy (non-hydrogen) atoms. The first-order chi connectivity index (χ1) is 10.2. The maximum absolute atomic E-state index is 12.1. The normalized spacial score (nSPS) is 17.0. The Labute approximate surface area is 124 Å². The SMILES string of the molecule is COc1ccc(C#CCN)cc1NC(=O)CC1CCCO1. The van der Waals surface area contributed by atoms with E-state index in [1.165, 1.54) is 0 Å². The molecule has 1 aliphatic heterocycles. The van der Waals surface area contributed by atoms with Gasteiger partial charge in [0.15, 0.2) is 0 Å². The lowest BCUT2D eigenvalue weighted by molar-refractivity contribution is -0.118. The van der Waals surface area contributed by atoms with E-state index in [2.05, 4.69) is 17.2 Å². The molecular formula is C16H20N2O3. The topological polar surface area (TPSA) is 73.6 Å². The van der Waals surface area contributed by atoms with Crippen LogP contribution in [0.1, 0.15) is 24.8 Å². The van der Waals surface area contributed by atoms with Crippen molar-refractivity contribution in [2.45, 2.75) is 25.4 Å². The van der Waals surface area contributed by atoms with Crippen LogP contribution >= 0.6 is 0 Å². The molecule has 1 aliphatic rings. The van der Waals surface area contributed by atoms with E-state index in [-0.39, 0.29) is 12.0 Å². The van der Waals surface area contributed by atoms with Crippen LogP contribution in [-0.2, 0) is 9.53 Å². The molecule has 5 nitrogen and oxygen atoms in total. The van der Waals surface area contributed by atoms with E-state index in [0.717, 1.165) is 25.0 Å². The van der Waals surface area contributed by atoms with Crippen molar-refractivity contribution in [1.29, 1.82) is 0 Å². The molecule has 3 N–H and O–H groups in total. The van der Waals surface area contributed by atoms with Gasteiger partial charge in [0.25, 0.3) is 0 Å². The van der Waals surface area contributed by atoms with E-state index < -0.39 is 0 Å². The first-order valence-corrected chi connectivity index (χ1v) is 7.01. The largest absolute Gasteiger partial charge is 0.495 e. The molecule has 1 heterocycles. The maximum Gasteiger partial charge on any atom is 0.227 e. The lowest BCUT2D eigenvalue weighted by Gasteiger charge is -2.13. The van der Waals surface area contributed by atoms with Crippen LogP contribution in [-0.4, -0.2) is 32.3 Å². The van der Waals surface area contributed by atoms with Crippen LogP contribution in [0.4, 0.5) is 5.69 Å². The number of nitrogens with two attached hydrogens (primary N) is 1. The summed E-state index contributed by atoms with van der Waals surface area (Å²) >= 11 is 0. The second-order valence-electron chi connectivity index (χ2n) is 4.81. The van der Waals surface area contributed by atoms with Crippen molar-refractivity contribution in [3.63, 3.8) is 0 Å². The van der Waals surface area contributed by atoms with Gasteiger partial charge in [0.2, 0.25) is 5.91 Å². The van der Waals surface area contributed by atoms with Crippen LogP contribution in [0.15, 0.2) is 18.2 Å². The Kier molecular flexibility index (Phi) is 5.61. The first-order valence-electron chi connectivity index (χ1n) is 7.01. The lowest BCUT2D eigenvalue weighted by atomic mass is 10.1. The summed E-state index contributed by atoms with van der Waals surface area (Å²) < 4.78 is 10.7. The van der Waals surface area contributed by atoms with Crippen LogP contribution in [0.25, 0.3) is 0 Å². The molecule has 1 fully saturated rings. The zero-order valence-electron chi connectivity index (χ0n) is 12.1. The van der Waals surface area contributed by atoms with Gasteiger partial charge in [-0.1, -0.05) is 11.8 Å². The molecule has 0 bridgehead atoms. The van der Waals surface area contributed by atoms with E-state index in [9.17, 15) is 4.79 Å². The summed E-state index contributed by atoms with van der Waals surface area (Å²) in [5.41, 5.74) is 6.76. The molecular weight excluding hydrogens is 268 g/mol. The fourth-order valence-electron chi connectivity index (χ4n) is 2.25. The second-order valence-corrected chi connectivity index (χ2v) is 4.81. The minimum Gasteiger partial charge on any atom is -0.495 e. The summed E-state index contributed by atoms with van der Waals surface area (Å²) in [5, 5.41) is 2.86. The number of anilines is 1. The van der Waals surface area contributed by atoms with E-state index in [1.54, 1.807) is 19.2 Å². The fourth-order valence-corrected chi connectivity index (χ4v) is 2.25. The Balaban J connectivity index is 2.07. The van der Waals surface area contributed by atoms with Gasteiger partial charge < -0.3 is 20.5 Å². The lowest BCUT2D eigenvalue weighted by Crippen LogP contribution is -2.19. The van der Waals surface area contributed by atoms with E-state index in [0.29, 0.717) is 24.4 Å². The number of benzene rings is 1. The number of carbonyl (C=O) groups excluding carboxylic acids is 1. The van der Waals surface area contributed by atoms with Gasteiger partial charge in [-0.3, -0.25) is 4.79 Å². The van der Waals surface area contributed by atoms with Gasteiger partial charge in [0, 0.05) is 12.2 Å².